The number of unbranched alkanes of at least 4 members (excludes halogenated alkanes) is 5. The first-order chi connectivity index (χ1) is 8.36. The van der Waals surface area contributed by atoms with Crippen molar-refractivity contribution >= 4 is 0 Å². The van der Waals surface area contributed by atoms with Gasteiger partial charge >= 0.3 is 0 Å². The second kappa shape index (κ2) is 11.9. The van der Waals surface area contributed by atoms with Gasteiger partial charge in [-0.25, -0.2) is 0 Å². The van der Waals surface area contributed by atoms with Crippen LogP contribution in [0.15, 0.2) is 0 Å². The number of rotatable bonds is 8. The Bertz CT molecular complexity index is 177. The van der Waals surface area contributed by atoms with Crippen LogP contribution in [0.1, 0.15) is 65.2 Å². The Morgan fingerprint density at radius 2 is 1.71 bits per heavy atom. The smallest absolute Gasteiger partial charge is 0.0801 e. The first kappa shape index (κ1) is 16.4. The zero-order chi connectivity index (χ0) is 12.9. The number of hydrogen-bond acceptors (Lipinski definition) is 1. The van der Waals surface area contributed by atoms with E-state index in [2.05, 4.69) is 13.8 Å². The van der Waals surface area contributed by atoms with E-state index < -0.39 is 0 Å². The van der Waals surface area contributed by atoms with Gasteiger partial charge in [0, 0.05) is 12.3 Å². The molecular weight excluding hydrogens is 208 g/mol. The molecular formula is C15H30N2. The number of likely N-dealkylation sites (tertiary alicyclic amines) is 1. The molecule has 2 unspecified atom stereocenters. The summed E-state index contributed by atoms with van der Waals surface area (Å²) in [5.41, 5.74) is 0. The van der Waals surface area contributed by atoms with E-state index in [-0.39, 0.29) is 0 Å². The molecule has 1 heterocycles. The molecule has 0 saturated carbocycles. The number of quaternary nitrogens is 1. The fraction of sp³-hybridized carbons (Fsp3) is 0.933. The van der Waals surface area contributed by atoms with Gasteiger partial charge in [-0.2, -0.15) is 0 Å². The van der Waals surface area contributed by atoms with E-state index >= 15 is 0 Å². The van der Waals surface area contributed by atoms with E-state index in [0.29, 0.717) is 0 Å². The van der Waals surface area contributed by atoms with Crippen LogP contribution >= 0.6 is 0 Å². The summed E-state index contributed by atoms with van der Waals surface area (Å²) in [6, 6.07) is 0. The molecule has 1 aliphatic rings. The van der Waals surface area contributed by atoms with Crippen molar-refractivity contribution < 1.29 is 4.90 Å². The average Bonchev–Trinajstić information content (AvgIpc) is 2.84. The minimum atomic E-state index is 1.04. The van der Waals surface area contributed by atoms with Crippen LogP contribution in [0.25, 0.3) is 0 Å². The largest absolute Gasteiger partial charge is 0.512 e. The minimum Gasteiger partial charge on any atom is -0.512 e. The maximum absolute atomic E-state index is 6.25. The van der Waals surface area contributed by atoms with Gasteiger partial charge in [0.05, 0.1) is 19.6 Å². The molecule has 0 aromatic carbocycles. The zero-order valence-electron chi connectivity index (χ0n) is 11.8. The molecule has 2 atom stereocenters. The standard InChI is InChI=1S/C14H29N.CN/c1-3-5-6-7-8-9-11-15-12-10-14(4-2)13-15;1-2/h14H,3-13H2,1-2H3;/q;-1/p+1. The molecule has 2 nitrogen and oxygen atoms in total. The third-order valence-corrected chi connectivity index (χ3v) is 3.94. The molecule has 0 spiro atoms. The Morgan fingerprint density at radius 3 is 2.29 bits per heavy atom. The average molecular weight is 238 g/mol. The van der Waals surface area contributed by atoms with Crippen LogP contribution in [0.2, 0.25) is 0 Å². The lowest BCUT2D eigenvalue weighted by molar-refractivity contribution is -0.889. The second-order valence-electron chi connectivity index (χ2n) is 5.28. The van der Waals surface area contributed by atoms with Gasteiger partial charge in [-0.1, -0.05) is 39.5 Å². The summed E-state index contributed by atoms with van der Waals surface area (Å²) in [5, 5.41) is 6.25. The first-order valence-electron chi connectivity index (χ1n) is 7.42. The Morgan fingerprint density at radius 1 is 1.06 bits per heavy atom. The minimum absolute atomic E-state index is 1.04. The van der Waals surface area contributed by atoms with Gasteiger partial charge in [0.25, 0.3) is 0 Å². The monoisotopic (exact) mass is 238 g/mol. The quantitative estimate of drug-likeness (QED) is 0.511. The lowest BCUT2D eigenvalue weighted by Crippen LogP contribution is -3.10. The van der Waals surface area contributed by atoms with Crippen molar-refractivity contribution in [2.75, 3.05) is 19.6 Å². The lowest BCUT2D eigenvalue weighted by atomic mass is 10.1. The summed E-state index contributed by atoms with van der Waals surface area (Å²) in [5.74, 6) is 1.04. The SMILES string of the molecule is CCCCCCCC[NH+]1CCC(CC)C1.[C-]#N. The normalized spacial score (nSPS) is 23.1. The summed E-state index contributed by atoms with van der Waals surface area (Å²) in [7, 11) is 0. The van der Waals surface area contributed by atoms with Gasteiger partial charge in [-0.3, -0.25) is 0 Å². The van der Waals surface area contributed by atoms with Crippen LogP contribution < -0.4 is 4.90 Å². The Kier molecular flexibility index (Phi) is 11.5. The summed E-state index contributed by atoms with van der Waals surface area (Å²) in [6.07, 6.45) is 11.6. The van der Waals surface area contributed by atoms with Gasteiger partial charge < -0.3 is 16.7 Å². The number of nitrogens with zero attached hydrogens (tertiary/aromatic N) is 1. The molecule has 0 aromatic rings. The van der Waals surface area contributed by atoms with Crippen LogP contribution in [0.4, 0.5) is 0 Å². The summed E-state index contributed by atoms with van der Waals surface area (Å²) in [6.45, 7) is 13.7. The van der Waals surface area contributed by atoms with E-state index in [1.807, 2.05) is 4.90 Å². The Labute approximate surface area is 108 Å². The van der Waals surface area contributed by atoms with Crippen LogP contribution in [0, 0.1) is 17.8 Å². The molecule has 0 amide bonds. The highest BCUT2D eigenvalue weighted by atomic mass is 15.1. The van der Waals surface area contributed by atoms with Crippen LogP contribution in [0.5, 0.6) is 0 Å². The molecule has 0 aliphatic carbocycles. The number of hydrogen-bond donors (Lipinski definition) is 1. The molecule has 1 saturated heterocycles. The van der Waals surface area contributed by atoms with Crippen molar-refractivity contribution in [1.29, 1.82) is 5.26 Å². The highest BCUT2D eigenvalue weighted by molar-refractivity contribution is 4.59. The van der Waals surface area contributed by atoms with Gasteiger partial charge in [-0.15, -0.1) is 0 Å². The van der Waals surface area contributed by atoms with Gasteiger partial charge in [0.2, 0.25) is 0 Å². The van der Waals surface area contributed by atoms with E-state index in [1.54, 1.807) is 0 Å². The highest BCUT2D eigenvalue weighted by Gasteiger charge is 2.23. The Balaban J connectivity index is 0.00000121. The zero-order valence-corrected chi connectivity index (χ0v) is 11.8. The molecule has 0 aromatic heterocycles. The van der Waals surface area contributed by atoms with E-state index in [1.165, 1.54) is 71.0 Å². The van der Waals surface area contributed by atoms with E-state index in [9.17, 15) is 0 Å². The van der Waals surface area contributed by atoms with Gasteiger partial charge in [-0.05, 0) is 19.3 Å². The molecule has 100 valence electrons. The van der Waals surface area contributed by atoms with Crippen molar-refractivity contribution in [3.05, 3.63) is 6.57 Å². The maximum Gasteiger partial charge on any atom is 0.0801 e. The number of nitrogens with one attached hydrogen (secondary N) is 1. The summed E-state index contributed by atoms with van der Waals surface area (Å²) in [4.78, 5) is 1.89. The van der Waals surface area contributed by atoms with Crippen molar-refractivity contribution in [1.82, 2.24) is 0 Å². The second-order valence-corrected chi connectivity index (χ2v) is 5.28. The predicted octanol–water partition coefficient (Wildman–Crippen LogP) is 2.76. The molecule has 1 N–H and O–H groups in total. The van der Waals surface area contributed by atoms with Crippen molar-refractivity contribution in [2.45, 2.75) is 65.2 Å². The fourth-order valence-corrected chi connectivity index (χ4v) is 2.75. The molecule has 0 radical (unpaired) electrons. The van der Waals surface area contributed by atoms with Crippen molar-refractivity contribution in [3.8, 4) is 0 Å². The van der Waals surface area contributed by atoms with E-state index in [4.69, 9.17) is 11.8 Å². The lowest BCUT2D eigenvalue weighted by Gasteiger charge is -2.12. The van der Waals surface area contributed by atoms with Crippen LogP contribution in [-0.2, 0) is 0 Å². The van der Waals surface area contributed by atoms with Crippen LogP contribution in [0.3, 0.4) is 0 Å². The third-order valence-electron chi connectivity index (χ3n) is 3.94. The van der Waals surface area contributed by atoms with Gasteiger partial charge in [0.15, 0.2) is 0 Å². The highest BCUT2D eigenvalue weighted by Crippen LogP contribution is 2.08. The predicted molar refractivity (Wildman–Crippen MR) is 72.3 cm³/mol. The van der Waals surface area contributed by atoms with Crippen molar-refractivity contribution in [3.63, 3.8) is 0 Å². The van der Waals surface area contributed by atoms with Crippen LogP contribution in [-0.4, -0.2) is 19.6 Å². The topological polar surface area (TPSA) is 28.2 Å². The third kappa shape index (κ3) is 8.21. The molecule has 1 aliphatic heterocycles. The molecule has 1 fully saturated rings. The van der Waals surface area contributed by atoms with Gasteiger partial charge in [0.1, 0.15) is 0 Å². The molecule has 17 heavy (non-hydrogen) atoms. The molecule has 2 heteroatoms. The fourth-order valence-electron chi connectivity index (χ4n) is 2.75. The summed E-state index contributed by atoms with van der Waals surface area (Å²) >= 11 is 0. The summed E-state index contributed by atoms with van der Waals surface area (Å²) < 4.78 is 0. The first-order valence-corrected chi connectivity index (χ1v) is 7.42. The molecule has 0 bridgehead atoms. The van der Waals surface area contributed by atoms with Crippen molar-refractivity contribution in [2.24, 2.45) is 5.92 Å². The molecule has 1 rings (SSSR count). The Hall–Kier alpha value is -0.550. The maximum atomic E-state index is 6.25. The van der Waals surface area contributed by atoms with E-state index in [0.717, 1.165) is 5.92 Å².